The number of nitrogens with zero attached hydrogens (tertiary/aromatic N) is 4. The molecule has 166 valence electrons. The monoisotopic (exact) mass is 452 g/mol. The highest BCUT2D eigenvalue weighted by Crippen LogP contribution is 2.39. The minimum Gasteiger partial charge on any atom is -0.493 e. The van der Waals surface area contributed by atoms with Gasteiger partial charge in [-0.15, -0.1) is 16.6 Å². The number of nitro groups is 1. The number of hydrogen-bond donors (Lipinski definition) is 0. The maximum Gasteiger partial charge on any atom is 0.220 e. The fourth-order valence-corrected chi connectivity index (χ4v) is 4.34. The van der Waals surface area contributed by atoms with E-state index < -0.39 is 5.25 Å². The average Bonchev–Trinajstić information content (AvgIpc) is 3.13. The number of ether oxygens (including phenoxy) is 2. The largest absolute Gasteiger partial charge is 0.493 e. The van der Waals surface area contributed by atoms with Crippen molar-refractivity contribution in [2.75, 3.05) is 20.3 Å². The molecule has 0 N–H and O–H groups in total. The van der Waals surface area contributed by atoms with Gasteiger partial charge in [-0.1, -0.05) is 29.8 Å². The molecule has 0 aliphatic carbocycles. The fourth-order valence-electron chi connectivity index (χ4n) is 3.18. The standard InChI is InChI=1S/C23H24N4O4S/c1-6-11-31-20-10-8-18(13-21(20)30-5)22(14-26(28)29)32-23-25-24-17(4)27(23)19-9-7-15(2)16(3)12-19/h1,7-10,12-13,22H,11,14H2,2-5H3/t22-/m0/s1. The Morgan fingerprint density at radius 2 is 1.94 bits per heavy atom. The number of thioether (sulfide) groups is 1. The number of hydrogen-bond acceptors (Lipinski definition) is 7. The molecular formula is C23H24N4O4S. The van der Waals surface area contributed by atoms with Crippen molar-refractivity contribution in [2.24, 2.45) is 0 Å². The van der Waals surface area contributed by atoms with E-state index in [1.807, 2.05) is 37.5 Å². The fraction of sp³-hybridized carbons (Fsp3) is 0.304. The summed E-state index contributed by atoms with van der Waals surface area (Å²) in [4.78, 5) is 11.1. The van der Waals surface area contributed by atoms with Crippen LogP contribution in [0.3, 0.4) is 0 Å². The smallest absolute Gasteiger partial charge is 0.220 e. The van der Waals surface area contributed by atoms with E-state index in [4.69, 9.17) is 15.9 Å². The van der Waals surface area contributed by atoms with E-state index in [0.29, 0.717) is 28.0 Å². The molecule has 0 bridgehead atoms. The molecule has 3 rings (SSSR count). The van der Waals surface area contributed by atoms with Crippen LogP contribution in [0.15, 0.2) is 41.6 Å². The van der Waals surface area contributed by atoms with Crippen molar-refractivity contribution >= 4 is 11.8 Å². The first-order valence-corrected chi connectivity index (χ1v) is 10.7. The van der Waals surface area contributed by atoms with Crippen LogP contribution in [-0.4, -0.2) is 39.9 Å². The number of benzene rings is 2. The van der Waals surface area contributed by atoms with Gasteiger partial charge in [0.2, 0.25) is 6.54 Å². The summed E-state index contributed by atoms with van der Waals surface area (Å²) in [6.07, 6.45) is 5.26. The topological polar surface area (TPSA) is 92.3 Å². The third-order valence-corrected chi connectivity index (χ3v) is 6.16. The summed E-state index contributed by atoms with van der Waals surface area (Å²) in [5.74, 6) is 4.04. The van der Waals surface area contributed by atoms with Crippen molar-refractivity contribution in [3.05, 3.63) is 69.0 Å². The van der Waals surface area contributed by atoms with Crippen molar-refractivity contribution in [3.63, 3.8) is 0 Å². The lowest BCUT2D eigenvalue weighted by atomic mass is 10.1. The van der Waals surface area contributed by atoms with Crippen LogP contribution < -0.4 is 9.47 Å². The molecule has 8 nitrogen and oxygen atoms in total. The van der Waals surface area contributed by atoms with Crippen LogP contribution in [0.2, 0.25) is 0 Å². The normalized spacial score (nSPS) is 11.6. The minimum absolute atomic E-state index is 0.0983. The summed E-state index contributed by atoms with van der Waals surface area (Å²) in [5, 5.41) is 20.0. The predicted molar refractivity (Wildman–Crippen MR) is 123 cm³/mol. The molecule has 1 heterocycles. The summed E-state index contributed by atoms with van der Waals surface area (Å²) < 4.78 is 12.8. The van der Waals surface area contributed by atoms with Gasteiger partial charge >= 0.3 is 0 Å². The Labute approximate surface area is 191 Å². The zero-order valence-electron chi connectivity index (χ0n) is 18.4. The molecule has 0 aliphatic heterocycles. The Balaban J connectivity index is 1.98. The summed E-state index contributed by atoms with van der Waals surface area (Å²) in [7, 11) is 1.51. The van der Waals surface area contributed by atoms with Crippen LogP contribution in [0.4, 0.5) is 0 Å². The first kappa shape index (κ1) is 23.2. The molecule has 32 heavy (non-hydrogen) atoms. The van der Waals surface area contributed by atoms with Gasteiger partial charge in [0, 0.05) is 10.6 Å². The van der Waals surface area contributed by atoms with E-state index in [9.17, 15) is 10.1 Å². The molecule has 1 atom stereocenters. The van der Waals surface area contributed by atoms with E-state index >= 15 is 0 Å². The minimum atomic E-state index is -0.519. The summed E-state index contributed by atoms with van der Waals surface area (Å²) in [5.41, 5.74) is 3.94. The third kappa shape index (κ3) is 5.21. The number of aromatic nitrogens is 3. The summed E-state index contributed by atoms with van der Waals surface area (Å²) in [6, 6.07) is 11.3. The van der Waals surface area contributed by atoms with Crippen LogP contribution in [0.25, 0.3) is 5.69 Å². The van der Waals surface area contributed by atoms with Crippen LogP contribution in [0.5, 0.6) is 11.5 Å². The highest BCUT2D eigenvalue weighted by molar-refractivity contribution is 7.99. The Hall–Kier alpha value is -3.51. The summed E-state index contributed by atoms with van der Waals surface area (Å²) in [6.45, 7) is 5.75. The van der Waals surface area contributed by atoms with Crippen LogP contribution in [0, 0.1) is 43.2 Å². The zero-order chi connectivity index (χ0) is 23.3. The number of aryl methyl sites for hydroxylation is 3. The quantitative estimate of drug-likeness (QED) is 0.207. The van der Waals surface area contributed by atoms with Crippen molar-refractivity contribution in [2.45, 2.75) is 31.2 Å². The molecule has 9 heteroatoms. The van der Waals surface area contributed by atoms with Crippen molar-refractivity contribution in [1.29, 1.82) is 0 Å². The first-order valence-electron chi connectivity index (χ1n) is 9.86. The highest BCUT2D eigenvalue weighted by Gasteiger charge is 2.25. The van der Waals surface area contributed by atoms with Crippen molar-refractivity contribution in [3.8, 4) is 29.5 Å². The third-order valence-electron chi connectivity index (χ3n) is 4.98. The van der Waals surface area contributed by atoms with Crippen LogP contribution in [0.1, 0.15) is 27.8 Å². The van der Waals surface area contributed by atoms with E-state index in [1.54, 1.807) is 18.2 Å². The Bertz CT molecular complexity index is 1170. The van der Waals surface area contributed by atoms with Crippen molar-refractivity contribution < 1.29 is 14.4 Å². The Kier molecular flexibility index (Phi) is 7.38. The number of methoxy groups -OCH3 is 1. The van der Waals surface area contributed by atoms with E-state index in [2.05, 4.69) is 22.2 Å². The van der Waals surface area contributed by atoms with Gasteiger partial charge in [0.25, 0.3) is 0 Å². The maximum absolute atomic E-state index is 11.4. The highest BCUT2D eigenvalue weighted by atomic mass is 32.2. The second-order valence-electron chi connectivity index (χ2n) is 7.16. The molecule has 0 unspecified atom stereocenters. The molecule has 3 aromatic rings. The van der Waals surface area contributed by atoms with Crippen LogP contribution >= 0.6 is 11.8 Å². The van der Waals surface area contributed by atoms with E-state index in [1.165, 1.54) is 24.4 Å². The lowest BCUT2D eigenvalue weighted by Crippen LogP contribution is -2.11. The summed E-state index contributed by atoms with van der Waals surface area (Å²) >= 11 is 1.28. The van der Waals surface area contributed by atoms with Gasteiger partial charge < -0.3 is 9.47 Å². The van der Waals surface area contributed by atoms with Gasteiger partial charge in [-0.05, 0) is 61.7 Å². The molecular weight excluding hydrogens is 428 g/mol. The molecule has 0 saturated heterocycles. The van der Waals surface area contributed by atoms with E-state index in [-0.39, 0.29) is 18.1 Å². The van der Waals surface area contributed by atoms with Gasteiger partial charge in [-0.25, -0.2) is 0 Å². The Morgan fingerprint density at radius 1 is 1.16 bits per heavy atom. The molecule has 0 aliphatic rings. The van der Waals surface area contributed by atoms with Crippen LogP contribution in [-0.2, 0) is 0 Å². The zero-order valence-corrected chi connectivity index (χ0v) is 19.2. The molecule has 0 saturated carbocycles. The number of rotatable bonds is 9. The van der Waals surface area contributed by atoms with Gasteiger partial charge in [0.05, 0.1) is 7.11 Å². The molecule has 0 spiro atoms. The molecule has 2 aromatic carbocycles. The first-order chi connectivity index (χ1) is 15.3. The Morgan fingerprint density at radius 3 is 2.59 bits per heavy atom. The average molecular weight is 453 g/mol. The molecule has 0 fully saturated rings. The second kappa shape index (κ2) is 10.2. The molecule has 0 amide bonds. The second-order valence-corrected chi connectivity index (χ2v) is 8.33. The lowest BCUT2D eigenvalue weighted by Gasteiger charge is -2.17. The van der Waals surface area contributed by atoms with Gasteiger partial charge in [0.15, 0.2) is 16.7 Å². The molecule has 0 radical (unpaired) electrons. The van der Waals surface area contributed by atoms with Gasteiger partial charge in [-0.2, -0.15) is 0 Å². The maximum atomic E-state index is 11.4. The lowest BCUT2D eigenvalue weighted by molar-refractivity contribution is -0.479. The van der Waals surface area contributed by atoms with Gasteiger partial charge in [-0.3, -0.25) is 14.7 Å². The van der Waals surface area contributed by atoms with Gasteiger partial charge in [0.1, 0.15) is 17.7 Å². The van der Waals surface area contributed by atoms with Crippen molar-refractivity contribution in [1.82, 2.24) is 14.8 Å². The number of terminal acetylenes is 1. The SMILES string of the molecule is C#CCOc1ccc([C@H](C[N+](=O)[O-])Sc2nnc(C)n2-c2ccc(C)c(C)c2)cc1OC. The predicted octanol–water partition coefficient (Wildman–Crippen LogP) is 4.32. The van der Waals surface area contributed by atoms with E-state index in [0.717, 1.165) is 11.3 Å². The molecule has 1 aromatic heterocycles.